The van der Waals surface area contributed by atoms with E-state index in [2.05, 4.69) is 15.9 Å². The Labute approximate surface area is 139 Å². The molecule has 6 nitrogen and oxygen atoms in total. The molecule has 0 unspecified atom stereocenters. The molecule has 0 fully saturated rings. The molecule has 120 valence electrons. The minimum atomic E-state index is -0.724. The molecule has 0 radical (unpaired) electrons. The van der Waals surface area contributed by atoms with Gasteiger partial charge in [-0.25, -0.2) is 9.18 Å². The van der Waals surface area contributed by atoms with Gasteiger partial charge in [0.25, 0.3) is 5.69 Å². The van der Waals surface area contributed by atoms with E-state index in [0.29, 0.717) is 0 Å². The number of ether oxygens (including phenoxy) is 2. The van der Waals surface area contributed by atoms with Gasteiger partial charge in [0, 0.05) is 6.07 Å². The van der Waals surface area contributed by atoms with Gasteiger partial charge in [0.15, 0.2) is 11.6 Å². The highest BCUT2D eigenvalue weighted by Gasteiger charge is 2.16. The molecule has 0 aliphatic heterocycles. The average Bonchev–Trinajstić information content (AvgIpc) is 2.53. The van der Waals surface area contributed by atoms with Gasteiger partial charge >= 0.3 is 5.97 Å². The Kier molecular flexibility index (Phi) is 5.64. The quantitative estimate of drug-likeness (QED) is 0.328. The number of carbonyl (C=O) groups excluding carboxylic acids is 1. The highest BCUT2D eigenvalue weighted by Crippen LogP contribution is 2.25. The predicted octanol–water partition coefficient (Wildman–Crippen LogP) is 3.73. The van der Waals surface area contributed by atoms with E-state index in [4.69, 9.17) is 9.47 Å². The number of nitro benzene ring substituents is 1. The number of nitrogens with zero attached hydrogens (tertiary/aromatic N) is 1. The summed E-state index contributed by atoms with van der Waals surface area (Å²) in [7, 11) is 0. The van der Waals surface area contributed by atoms with Crippen LogP contribution in [0.3, 0.4) is 0 Å². The van der Waals surface area contributed by atoms with Gasteiger partial charge in [0.05, 0.1) is 15.0 Å². The molecule has 0 aliphatic rings. The molecule has 0 heterocycles. The van der Waals surface area contributed by atoms with Crippen LogP contribution in [0, 0.1) is 15.9 Å². The lowest BCUT2D eigenvalue weighted by Gasteiger charge is -2.08. The highest BCUT2D eigenvalue weighted by molar-refractivity contribution is 9.10. The first-order chi connectivity index (χ1) is 11.0. The number of benzene rings is 2. The molecule has 0 amide bonds. The SMILES string of the molecule is O=C(OCCOc1ccccc1F)c1ccc(Br)c([N+](=O)[O-])c1. The summed E-state index contributed by atoms with van der Waals surface area (Å²) in [6, 6.07) is 9.76. The molecule has 2 rings (SSSR count). The van der Waals surface area contributed by atoms with Gasteiger partial charge in [0.1, 0.15) is 13.2 Å². The maximum Gasteiger partial charge on any atom is 0.338 e. The Bertz CT molecular complexity index is 738. The molecule has 2 aromatic carbocycles. The van der Waals surface area contributed by atoms with Crippen molar-refractivity contribution in [3.8, 4) is 5.75 Å². The van der Waals surface area contributed by atoms with E-state index in [1.54, 1.807) is 6.07 Å². The molecule has 0 spiro atoms. The molecule has 0 aromatic heterocycles. The second kappa shape index (κ2) is 7.68. The van der Waals surface area contributed by atoms with Crippen LogP contribution in [0.1, 0.15) is 10.4 Å². The fraction of sp³-hybridized carbons (Fsp3) is 0.133. The fourth-order valence-electron chi connectivity index (χ4n) is 1.71. The standard InChI is InChI=1S/C15H11BrFNO5/c16-11-6-5-10(9-13(11)18(20)21)15(19)23-8-7-22-14-4-2-1-3-12(14)17/h1-6,9H,7-8H2. The number of nitro groups is 1. The summed E-state index contributed by atoms with van der Waals surface area (Å²) >= 11 is 3.03. The molecule has 0 saturated heterocycles. The van der Waals surface area contributed by atoms with Crippen LogP contribution in [0.5, 0.6) is 5.75 Å². The molecule has 0 N–H and O–H groups in total. The molecule has 8 heteroatoms. The van der Waals surface area contributed by atoms with Crippen LogP contribution in [-0.4, -0.2) is 24.1 Å². The van der Waals surface area contributed by atoms with Gasteiger partial charge in [-0.3, -0.25) is 10.1 Å². The number of para-hydroxylation sites is 1. The van der Waals surface area contributed by atoms with E-state index in [9.17, 15) is 19.3 Å². The topological polar surface area (TPSA) is 78.7 Å². The zero-order chi connectivity index (χ0) is 16.8. The van der Waals surface area contributed by atoms with Crippen molar-refractivity contribution in [2.45, 2.75) is 0 Å². The number of halogens is 2. The lowest BCUT2D eigenvalue weighted by Crippen LogP contribution is -2.13. The van der Waals surface area contributed by atoms with Crippen LogP contribution in [0.2, 0.25) is 0 Å². The first kappa shape index (κ1) is 16.9. The molecule has 23 heavy (non-hydrogen) atoms. The minimum absolute atomic E-state index is 0.0364. The summed E-state index contributed by atoms with van der Waals surface area (Å²) in [5, 5.41) is 10.8. The Morgan fingerprint density at radius 2 is 1.96 bits per heavy atom. The third-order valence-electron chi connectivity index (χ3n) is 2.79. The van der Waals surface area contributed by atoms with Gasteiger partial charge in [-0.2, -0.15) is 0 Å². The number of rotatable bonds is 6. The monoisotopic (exact) mass is 383 g/mol. The highest BCUT2D eigenvalue weighted by atomic mass is 79.9. The smallest absolute Gasteiger partial charge is 0.338 e. The van der Waals surface area contributed by atoms with E-state index >= 15 is 0 Å². The molecular weight excluding hydrogens is 373 g/mol. The van der Waals surface area contributed by atoms with Crippen molar-refractivity contribution in [3.05, 3.63) is 68.4 Å². The number of esters is 1. The van der Waals surface area contributed by atoms with Gasteiger partial charge < -0.3 is 9.47 Å². The predicted molar refractivity (Wildman–Crippen MR) is 83.0 cm³/mol. The van der Waals surface area contributed by atoms with Crippen LogP contribution in [0.4, 0.5) is 10.1 Å². The third-order valence-corrected chi connectivity index (χ3v) is 3.46. The molecular formula is C15H11BrFNO5. The number of carbonyl (C=O) groups is 1. The normalized spacial score (nSPS) is 10.2. The van der Waals surface area contributed by atoms with Crippen LogP contribution in [-0.2, 0) is 4.74 Å². The van der Waals surface area contributed by atoms with E-state index in [1.807, 2.05) is 0 Å². The van der Waals surface area contributed by atoms with Crippen LogP contribution in [0.15, 0.2) is 46.9 Å². The maximum absolute atomic E-state index is 13.3. The van der Waals surface area contributed by atoms with Gasteiger partial charge in [-0.1, -0.05) is 12.1 Å². The van der Waals surface area contributed by atoms with Crippen LogP contribution < -0.4 is 4.74 Å². The van der Waals surface area contributed by atoms with E-state index in [1.165, 1.54) is 30.3 Å². The summed E-state index contributed by atoms with van der Waals surface area (Å²) in [6.07, 6.45) is 0. The van der Waals surface area contributed by atoms with E-state index < -0.39 is 16.7 Å². The minimum Gasteiger partial charge on any atom is -0.487 e. The summed E-state index contributed by atoms with van der Waals surface area (Å²) in [5.74, 6) is -1.18. The third kappa shape index (κ3) is 4.49. The van der Waals surface area contributed by atoms with Crippen molar-refractivity contribution in [3.63, 3.8) is 0 Å². The van der Waals surface area contributed by atoms with Crippen molar-refractivity contribution < 1.29 is 23.6 Å². The average molecular weight is 384 g/mol. The van der Waals surface area contributed by atoms with Gasteiger partial charge in [-0.15, -0.1) is 0 Å². The summed E-state index contributed by atoms with van der Waals surface area (Å²) in [4.78, 5) is 22.0. The molecule has 0 atom stereocenters. The van der Waals surface area contributed by atoms with Crippen molar-refractivity contribution >= 4 is 27.6 Å². The second-order valence-corrected chi connectivity index (χ2v) is 5.19. The van der Waals surface area contributed by atoms with Crippen LogP contribution >= 0.6 is 15.9 Å². The summed E-state index contributed by atoms with van der Waals surface area (Å²) < 4.78 is 23.6. The summed E-state index contributed by atoms with van der Waals surface area (Å²) in [5.41, 5.74) is -0.187. The van der Waals surface area contributed by atoms with Gasteiger partial charge in [0.2, 0.25) is 0 Å². The lowest BCUT2D eigenvalue weighted by atomic mass is 10.2. The van der Waals surface area contributed by atoms with Crippen molar-refractivity contribution in [1.29, 1.82) is 0 Å². The molecule has 0 aliphatic carbocycles. The zero-order valence-corrected chi connectivity index (χ0v) is 13.3. The Morgan fingerprint density at radius 1 is 1.22 bits per heavy atom. The van der Waals surface area contributed by atoms with Gasteiger partial charge in [-0.05, 0) is 40.2 Å². The molecule has 0 saturated carbocycles. The molecule has 2 aromatic rings. The van der Waals surface area contributed by atoms with E-state index in [-0.39, 0.29) is 34.7 Å². The van der Waals surface area contributed by atoms with Crippen molar-refractivity contribution in [2.75, 3.05) is 13.2 Å². The first-order valence-electron chi connectivity index (χ1n) is 6.47. The Morgan fingerprint density at radius 3 is 2.65 bits per heavy atom. The fourth-order valence-corrected chi connectivity index (χ4v) is 2.10. The van der Waals surface area contributed by atoms with Crippen LogP contribution in [0.25, 0.3) is 0 Å². The second-order valence-electron chi connectivity index (χ2n) is 4.34. The number of hydrogen-bond acceptors (Lipinski definition) is 5. The summed E-state index contributed by atoms with van der Waals surface area (Å²) in [6.45, 7) is -0.150. The van der Waals surface area contributed by atoms with Crippen molar-refractivity contribution in [1.82, 2.24) is 0 Å². The zero-order valence-electron chi connectivity index (χ0n) is 11.7. The largest absolute Gasteiger partial charge is 0.487 e. The first-order valence-corrected chi connectivity index (χ1v) is 7.26. The Balaban J connectivity index is 1.89. The Hall–Kier alpha value is -2.48. The maximum atomic E-state index is 13.3. The lowest BCUT2D eigenvalue weighted by molar-refractivity contribution is -0.385. The van der Waals surface area contributed by atoms with Crippen molar-refractivity contribution in [2.24, 2.45) is 0 Å². The van der Waals surface area contributed by atoms with E-state index in [0.717, 1.165) is 6.07 Å². The molecule has 0 bridgehead atoms. The number of hydrogen-bond donors (Lipinski definition) is 0.